The zero-order valence-corrected chi connectivity index (χ0v) is 12.5. The number of nitrogens with zero attached hydrogens (tertiary/aromatic N) is 1. The summed E-state index contributed by atoms with van der Waals surface area (Å²) in [5.74, 6) is 0.593. The van der Waals surface area contributed by atoms with Crippen LogP contribution in [-0.4, -0.2) is 10.9 Å². The molecule has 0 fully saturated rings. The van der Waals surface area contributed by atoms with E-state index in [9.17, 15) is 4.79 Å². The van der Waals surface area contributed by atoms with Crippen molar-refractivity contribution in [3.8, 4) is 11.5 Å². The number of rotatable bonds is 5. The van der Waals surface area contributed by atoms with Gasteiger partial charge in [0.2, 0.25) is 5.91 Å². The number of thiophene rings is 1. The summed E-state index contributed by atoms with van der Waals surface area (Å²) in [6, 6.07) is 11.4. The molecule has 3 aromatic heterocycles. The molecule has 1 N–H and O–H groups in total. The third-order valence-corrected chi connectivity index (χ3v) is 3.84. The Morgan fingerprint density at radius 3 is 3.05 bits per heavy atom. The highest BCUT2D eigenvalue weighted by Gasteiger charge is 2.04. The molecule has 5 heteroatoms. The van der Waals surface area contributed by atoms with E-state index >= 15 is 0 Å². The van der Waals surface area contributed by atoms with Crippen LogP contribution in [0, 0.1) is 0 Å². The van der Waals surface area contributed by atoms with E-state index in [4.69, 9.17) is 4.42 Å². The number of hydrogen-bond acceptors (Lipinski definition) is 4. The van der Waals surface area contributed by atoms with E-state index in [0.717, 1.165) is 16.1 Å². The molecule has 0 spiro atoms. The van der Waals surface area contributed by atoms with E-state index in [2.05, 4.69) is 10.3 Å². The molecule has 0 aliphatic rings. The second kappa shape index (κ2) is 6.87. The average molecular weight is 310 g/mol. The predicted molar refractivity (Wildman–Crippen MR) is 87.1 cm³/mol. The summed E-state index contributed by atoms with van der Waals surface area (Å²) in [5.41, 5.74) is 1.73. The number of furan rings is 1. The lowest BCUT2D eigenvalue weighted by atomic mass is 10.2. The second-order valence-electron chi connectivity index (χ2n) is 4.59. The van der Waals surface area contributed by atoms with Crippen LogP contribution in [-0.2, 0) is 11.3 Å². The highest BCUT2D eigenvalue weighted by Crippen LogP contribution is 2.18. The number of carbonyl (C=O) groups is 1. The van der Waals surface area contributed by atoms with Crippen LogP contribution in [0.5, 0.6) is 0 Å². The van der Waals surface area contributed by atoms with Crippen LogP contribution in [0.1, 0.15) is 10.4 Å². The van der Waals surface area contributed by atoms with Crippen LogP contribution < -0.4 is 5.32 Å². The molecule has 0 aliphatic carbocycles. The molecule has 3 heterocycles. The first-order valence-electron chi connectivity index (χ1n) is 6.79. The van der Waals surface area contributed by atoms with Gasteiger partial charge in [-0.25, -0.2) is 0 Å². The fourth-order valence-electron chi connectivity index (χ4n) is 1.94. The van der Waals surface area contributed by atoms with Crippen LogP contribution >= 0.6 is 11.3 Å². The number of aromatic nitrogens is 1. The molecule has 0 aromatic carbocycles. The molecule has 110 valence electrons. The molecule has 3 aromatic rings. The Balaban J connectivity index is 1.59. The van der Waals surface area contributed by atoms with E-state index in [1.165, 1.54) is 0 Å². The normalized spacial score (nSPS) is 10.9. The Kier molecular flexibility index (Phi) is 4.46. The van der Waals surface area contributed by atoms with Gasteiger partial charge in [0.25, 0.3) is 0 Å². The first-order valence-corrected chi connectivity index (χ1v) is 7.67. The van der Waals surface area contributed by atoms with E-state index in [0.29, 0.717) is 12.3 Å². The molecule has 3 rings (SSSR count). The Labute approximate surface area is 132 Å². The van der Waals surface area contributed by atoms with E-state index in [1.54, 1.807) is 35.9 Å². The molecule has 0 radical (unpaired) electrons. The lowest BCUT2D eigenvalue weighted by molar-refractivity contribution is -0.116. The summed E-state index contributed by atoms with van der Waals surface area (Å²) in [5, 5.41) is 4.83. The number of nitrogens with one attached hydrogen (secondary N) is 1. The van der Waals surface area contributed by atoms with Crippen molar-refractivity contribution in [3.05, 3.63) is 70.8 Å². The quantitative estimate of drug-likeness (QED) is 0.731. The van der Waals surface area contributed by atoms with E-state index in [1.807, 2.05) is 41.8 Å². The number of pyridine rings is 1. The van der Waals surface area contributed by atoms with Crippen molar-refractivity contribution >= 4 is 23.3 Å². The Bertz CT molecular complexity index is 762. The van der Waals surface area contributed by atoms with Crippen molar-refractivity contribution in [2.24, 2.45) is 0 Å². The summed E-state index contributed by atoms with van der Waals surface area (Å²) in [6.07, 6.45) is 6.67. The monoisotopic (exact) mass is 310 g/mol. The van der Waals surface area contributed by atoms with Crippen molar-refractivity contribution in [3.63, 3.8) is 0 Å². The van der Waals surface area contributed by atoms with Gasteiger partial charge in [0, 0.05) is 23.7 Å². The maximum atomic E-state index is 11.8. The Hall–Kier alpha value is -2.66. The molecular formula is C17H14N2O2S. The molecule has 0 saturated carbocycles. The molecule has 0 saturated heterocycles. The van der Waals surface area contributed by atoms with Gasteiger partial charge in [0.1, 0.15) is 5.69 Å². The Morgan fingerprint density at radius 1 is 1.32 bits per heavy atom. The number of carbonyl (C=O) groups excluding carboxylic acids is 1. The lowest BCUT2D eigenvalue weighted by Gasteiger charge is -2.04. The summed E-state index contributed by atoms with van der Waals surface area (Å²) in [6.45, 7) is 0.448. The molecule has 22 heavy (non-hydrogen) atoms. The topological polar surface area (TPSA) is 55.1 Å². The molecule has 1 amide bonds. The summed E-state index contributed by atoms with van der Waals surface area (Å²) in [4.78, 5) is 17.1. The highest BCUT2D eigenvalue weighted by molar-refractivity contribution is 7.10. The van der Waals surface area contributed by atoms with Gasteiger partial charge in [-0.1, -0.05) is 6.07 Å². The van der Waals surface area contributed by atoms with Gasteiger partial charge in [0.15, 0.2) is 5.76 Å². The standard InChI is InChI=1S/C17H14N2O2S/c20-17(6-5-14-3-2-10-22-14)19-12-13-7-8-18-15(11-13)16-4-1-9-21-16/h1-11H,12H2,(H,19,20)/b6-5+. The zero-order valence-electron chi connectivity index (χ0n) is 11.7. The van der Waals surface area contributed by atoms with Gasteiger partial charge in [-0.05, 0) is 47.4 Å². The Morgan fingerprint density at radius 2 is 2.27 bits per heavy atom. The number of hydrogen-bond donors (Lipinski definition) is 1. The minimum Gasteiger partial charge on any atom is -0.463 e. The first kappa shape index (κ1) is 14.3. The third kappa shape index (κ3) is 3.71. The predicted octanol–water partition coefficient (Wildman–Crippen LogP) is 3.73. The van der Waals surface area contributed by atoms with Crippen LogP contribution in [0.2, 0.25) is 0 Å². The lowest BCUT2D eigenvalue weighted by Crippen LogP contribution is -2.20. The van der Waals surface area contributed by atoms with Crippen LogP contribution in [0.4, 0.5) is 0 Å². The van der Waals surface area contributed by atoms with Crippen molar-refractivity contribution in [1.82, 2.24) is 10.3 Å². The molecule has 4 nitrogen and oxygen atoms in total. The minimum absolute atomic E-state index is 0.121. The van der Waals surface area contributed by atoms with Crippen LogP contribution in [0.25, 0.3) is 17.5 Å². The maximum Gasteiger partial charge on any atom is 0.244 e. The van der Waals surface area contributed by atoms with Gasteiger partial charge in [0.05, 0.1) is 6.26 Å². The summed E-state index contributed by atoms with van der Waals surface area (Å²) < 4.78 is 5.32. The average Bonchev–Trinajstić information content (AvgIpc) is 3.24. The third-order valence-electron chi connectivity index (χ3n) is 3.01. The largest absolute Gasteiger partial charge is 0.463 e. The van der Waals surface area contributed by atoms with Gasteiger partial charge < -0.3 is 9.73 Å². The van der Waals surface area contributed by atoms with Crippen molar-refractivity contribution < 1.29 is 9.21 Å². The molecule has 0 bridgehead atoms. The van der Waals surface area contributed by atoms with Gasteiger partial charge >= 0.3 is 0 Å². The summed E-state index contributed by atoms with van der Waals surface area (Å²) in [7, 11) is 0. The second-order valence-corrected chi connectivity index (χ2v) is 5.57. The van der Waals surface area contributed by atoms with Gasteiger partial charge in [-0.2, -0.15) is 0 Å². The van der Waals surface area contributed by atoms with Crippen molar-refractivity contribution in [2.75, 3.05) is 0 Å². The van der Waals surface area contributed by atoms with E-state index < -0.39 is 0 Å². The van der Waals surface area contributed by atoms with Crippen molar-refractivity contribution in [2.45, 2.75) is 6.54 Å². The minimum atomic E-state index is -0.121. The van der Waals surface area contributed by atoms with Gasteiger partial charge in [-0.15, -0.1) is 11.3 Å². The van der Waals surface area contributed by atoms with Crippen LogP contribution in [0.3, 0.4) is 0 Å². The van der Waals surface area contributed by atoms with Crippen LogP contribution in [0.15, 0.2) is 64.7 Å². The van der Waals surface area contributed by atoms with E-state index in [-0.39, 0.29) is 5.91 Å². The maximum absolute atomic E-state index is 11.8. The van der Waals surface area contributed by atoms with Gasteiger partial charge in [-0.3, -0.25) is 9.78 Å². The summed E-state index contributed by atoms with van der Waals surface area (Å²) >= 11 is 1.59. The molecular weight excluding hydrogens is 296 g/mol. The smallest absolute Gasteiger partial charge is 0.244 e. The fraction of sp³-hybridized carbons (Fsp3) is 0.0588. The molecule has 0 unspecified atom stereocenters. The van der Waals surface area contributed by atoms with Crippen molar-refractivity contribution in [1.29, 1.82) is 0 Å². The SMILES string of the molecule is O=C(/C=C/c1cccs1)NCc1ccnc(-c2ccco2)c1. The zero-order chi connectivity index (χ0) is 15.2. The fourth-order valence-corrected chi connectivity index (χ4v) is 2.55. The highest BCUT2D eigenvalue weighted by atomic mass is 32.1. The molecule has 0 aliphatic heterocycles. The molecule has 0 atom stereocenters. The number of amides is 1. The first-order chi connectivity index (χ1) is 10.8.